The summed E-state index contributed by atoms with van der Waals surface area (Å²) in [4.78, 5) is 9.25. The Labute approximate surface area is 91.9 Å². The Balaban J connectivity index is 0. The first-order valence-corrected chi connectivity index (χ1v) is 5.67. The van der Waals surface area contributed by atoms with Crippen LogP contribution >= 0.6 is 0 Å². The molecule has 0 aliphatic heterocycles. The smallest absolute Gasteiger partial charge is 0.478 e. The van der Waals surface area contributed by atoms with Crippen molar-refractivity contribution in [2.24, 2.45) is 0 Å². The summed E-state index contributed by atoms with van der Waals surface area (Å²) in [5.74, 6) is -0.981. The van der Waals surface area contributed by atoms with Crippen LogP contribution in [0.15, 0.2) is 25.3 Å². The fourth-order valence-electron chi connectivity index (χ4n) is 0.480. The van der Waals surface area contributed by atoms with Gasteiger partial charge in [-0.1, -0.05) is 12.7 Å². The minimum atomic E-state index is -1.77. The van der Waals surface area contributed by atoms with Crippen LogP contribution in [0.2, 0.25) is 0 Å². The van der Waals surface area contributed by atoms with Gasteiger partial charge in [-0.2, -0.15) is 0 Å². The molecule has 0 rings (SSSR count). The number of carbonyl (C=O) groups is 1. The van der Waals surface area contributed by atoms with E-state index in [1.54, 1.807) is 20.3 Å². The molecule has 0 saturated carbocycles. The highest BCUT2D eigenvalue weighted by molar-refractivity contribution is 6.36. The fourth-order valence-corrected chi connectivity index (χ4v) is 1.27. The fraction of sp³-hybridized carbons (Fsp3) is 0.444. The summed E-state index contributed by atoms with van der Waals surface area (Å²) >= 11 is 0. The van der Waals surface area contributed by atoms with Crippen LogP contribution in [0, 0.1) is 0 Å². The standard InChI is InChI=1S/C6H14O3Si.C3H4O2/c1-4-5-6-9-10(7-2)8-3;1-2-3(4)5/h4,10H,1,5-6H2,2-3H3;2H,1H2,(H,4,5). The van der Waals surface area contributed by atoms with Gasteiger partial charge in [0.05, 0.1) is 0 Å². The van der Waals surface area contributed by atoms with Crippen LogP contribution in [0.25, 0.3) is 0 Å². The number of hydrogen-bond acceptors (Lipinski definition) is 4. The van der Waals surface area contributed by atoms with Crippen molar-refractivity contribution < 1.29 is 23.2 Å². The Kier molecular flexibility index (Phi) is 14.3. The predicted molar refractivity (Wildman–Crippen MR) is 59.8 cm³/mol. The van der Waals surface area contributed by atoms with Crippen molar-refractivity contribution in [3.05, 3.63) is 25.3 Å². The maximum absolute atomic E-state index is 9.25. The average Bonchev–Trinajstić information content (AvgIpc) is 2.25. The summed E-state index contributed by atoms with van der Waals surface area (Å²) in [7, 11) is 1.41. The Morgan fingerprint density at radius 2 is 1.87 bits per heavy atom. The van der Waals surface area contributed by atoms with Crippen LogP contribution in [-0.4, -0.2) is 41.4 Å². The van der Waals surface area contributed by atoms with Crippen molar-refractivity contribution in [2.75, 3.05) is 20.8 Å². The van der Waals surface area contributed by atoms with Crippen LogP contribution in [0.3, 0.4) is 0 Å². The van der Waals surface area contributed by atoms with Crippen molar-refractivity contribution >= 4 is 15.5 Å². The summed E-state index contributed by atoms with van der Waals surface area (Å²) in [5.41, 5.74) is 0. The van der Waals surface area contributed by atoms with Crippen molar-refractivity contribution in [3.63, 3.8) is 0 Å². The van der Waals surface area contributed by atoms with Gasteiger partial charge in [0.25, 0.3) is 0 Å². The molecule has 0 spiro atoms. The molecule has 0 amide bonds. The lowest BCUT2D eigenvalue weighted by Gasteiger charge is -2.09. The Morgan fingerprint density at radius 3 is 2.13 bits per heavy atom. The van der Waals surface area contributed by atoms with Crippen LogP contribution in [0.1, 0.15) is 6.42 Å². The maximum Gasteiger partial charge on any atom is 0.483 e. The monoisotopic (exact) mass is 234 g/mol. The molecule has 0 bridgehead atoms. The highest BCUT2D eigenvalue weighted by Crippen LogP contribution is 1.90. The molecule has 6 heteroatoms. The van der Waals surface area contributed by atoms with Crippen molar-refractivity contribution in [2.45, 2.75) is 6.42 Å². The number of carboxylic acid groups (broad SMARTS) is 1. The minimum absolute atomic E-state index is 0.641. The van der Waals surface area contributed by atoms with Gasteiger partial charge >= 0.3 is 15.5 Å². The van der Waals surface area contributed by atoms with Gasteiger partial charge in [0.15, 0.2) is 0 Å². The lowest BCUT2D eigenvalue weighted by molar-refractivity contribution is -0.131. The molecular weight excluding hydrogens is 216 g/mol. The summed E-state index contributed by atoms with van der Waals surface area (Å²) in [6.45, 7) is 7.16. The zero-order valence-electron chi connectivity index (χ0n) is 9.14. The summed E-state index contributed by atoms with van der Waals surface area (Å²) in [6, 6.07) is 0. The summed E-state index contributed by atoms with van der Waals surface area (Å²) < 4.78 is 15.0. The first-order chi connectivity index (χ1) is 7.12. The second-order valence-electron chi connectivity index (χ2n) is 2.25. The van der Waals surface area contributed by atoms with E-state index in [0.29, 0.717) is 6.61 Å². The van der Waals surface area contributed by atoms with Gasteiger partial charge in [-0.05, 0) is 6.42 Å². The van der Waals surface area contributed by atoms with Crippen molar-refractivity contribution in [3.8, 4) is 0 Å². The quantitative estimate of drug-likeness (QED) is 0.306. The highest BCUT2D eigenvalue weighted by atomic mass is 28.3. The molecule has 5 nitrogen and oxygen atoms in total. The topological polar surface area (TPSA) is 65.0 Å². The molecule has 0 heterocycles. The molecule has 15 heavy (non-hydrogen) atoms. The highest BCUT2D eigenvalue weighted by Gasteiger charge is 2.08. The first kappa shape index (κ1) is 16.5. The molecular formula is C9H18O5Si. The Hall–Kier alpha value is -0.953. The van der Waals surface area contributed by atoms with Gasteiger partial charge in [0.2, 0.25) is 0 Å². The molecule has 0 aromatic rings. The molecule has 0 aliphatic rings. The molecule has 88 valence electrons. The van der Waals surface area contributed by atoms with Gasteiger partial charge in [0, 0.05) is 26.9 Å². The van der Waals surface area contributed by atoms with E-state index in [1.165, 1.54) is 0 Å². The molecule has 0 aromatic carbocycles. The molecule has 0 unspecified atom stereocenters. The number of hydrogen-bond donors (Lipinski definition) is 1. The van der Waals surface area contributed by atoms with Crippen LogP contribution in [0.5, 0.6) is 0 Å². The molecule has 0 aliphatic carbocycles. The normalized spacial score (nSPS) is 9.00. The van der Waals surface area contributed by atoms with Gasteiger partial charge in [-0.15, -0.1) is 6.58 Å². The Bertz CT molecular complexity index is 179. The van der Waals surface area contributed by atoms with E-state index in [0.717, 1.165) is 12.5 Å². The lowest BCUT2D eigenvalue weighted by Crippen LogP contribution is -2.24. The second kappa shape index (κ2) is 13.0. The zero-order chi connectivity index (χ0) is 12.1. The molecule has 0 saturated heterocycles. The second-order valence-corrected chi connectivity index (χ2v) is 4.10. The van der Waals surface area contributed by atoms with Crippen LogP contribution in [-0.2, 0) is 18.1 Å². The van der Waals surface area contributed by atoms with Crippen LogP contribution < -0.4 is 0 Å². The van der Waals surface area contributed by atoms with Gasteiger partial charge < -0.3 is 18.4 Å². The summed E-state index contributed by atoms with van der Waals surface area (Å²) in [5, 5.41) is 7.60. The van der Waals surface area contributed by atoms with E-state index in [2.05, 4.69) is 13.2 Å². The SMILES string of the molecule is C=CC(=O)O.C=CCCO[SiH](OC)OC. The van der Waals surface area contributed by atoms with E-state index >= 15 is 0 Å². The Morgan fingerprint density at radius 1 is 1.40 bits per heavy atom. The van der Waals surface area contributed by atoms with E-state index in [4.69, 9.17) is 18.4 Å². The number of aliphatic carboxylic acids is 1. The minimum Gasteiger partial charge on any atom is -0.478 e. The molecule has 0 radical (unpaired) electrons. The van der Waals surface area contributed by atoms with E-state index < -0.39 is 15.5 Å². The van der Waals surface area contributed by atoms with Gasteiger partial charge in [-0.3, -0.25) is 0 Å². The number of carboxylic acids is 1. The van der Waals surface area contributed by atoms with Gasteiger partial charge in [0.1, 0.15) is 0 Å². The number of rotatable bonds is 7. The predicted octanol–water partition coefficient (Wildman–Crippen LogP) is 0.846. The summed E-state index contributed by atoms with van der Waals surface area (Å²) in [6.07, 6.45) is 3.48. The maximum atomic E-state index is 9.25. The van der Waals surface area contributed by atoms with Gasteiger partial charge in [-0.25, -0.2) is 4.79 Å². The molecule has 0 aromatic heterocycles. The average molecular weight is 234 g/mol. The third-order valence-corrected chi connectivity index (χ3v) is 2.41. The molecule has 0 fully saturated rings. The first-order valence-electron chi connectivity index (χ1n) is 4.25. The van der Waals surface area contributed by atoms with E-state index in [9.17, 15) is 4.79 Å². The van der Waals surface area contributed by atoms with Crippen molar-refractivity contribution in [1.82, 2.24) is 0 Å². The van der Waals surface area contributed by atoms with E-state index in [-0.39, 0.29) is 0 Å². The molecule has 0 atom stereocenters. The van der Waals surface area contributed by atoms with Crippen molar-refractivity contribution in [1.29, 1.82) is 0 Å². The van der Waals surface area contributed by atoms with Crippen LogP contribution in [0.4, 0.5) is 0 Å². The lowest BCUT2D eigenvalue weighted by atomic mass is 10.5. The van der Waals surface area contributed by atoms with E-state index in [1.807, 2.05) is 0 Å². The zero-order valence-corrected chi connectivity index (χ0v) is 10.3. The third-order valence-electron chi connectivity index (χ3n) is 1.14. The molecule has 1 N–H and O–H groups in total. The third kappa shape index (κ3) is 15.8. The largest absolute Gasteiger partial charge is 0.483 e.